The van der Waals surface area contributed by atoms with Crippen LogP contribution < -0.4 is 5.73 Å². The molecule has 0 aliphatic carbocycles. The maximum absolute atomic E-state index is 14.2. The third-order valence-electron chi connectivity index (χ3n) is 4.36. The van der Waals surface area contributed by atoms with Crippen molar-refractivity contribution >= 4 is 15.9 Å². The summed E-state index contributed by atoms with van der Waals surface area (Å²) in [4.78, 5) is 2.35. The van der Waals surface area contributed by atoms with Gasteiger partial charge in [-0.3, -0.25) is 4.90 Å². The van der Waals surface area contributed by atoms with Crippen molar-refractivity contribution in [1.82, 2.24) is 4.90 Å². The largest absolute Gasteiger partial charge is 0.329 e. The molecule has 0 saturated carbocycles. The average molecular weight is 343 g/mol. The number of hydrogen-bond donors (Lipinski definition) is 1. The smallest absolute Gasteiger partial charge is 0.129 e. The van der Waals surface area contributed by atoms with E-state index in [1.807, 2.05) is 12.1 Å². The number of likely N-dealkylation sites (tertiary alicyclic amines) is 1. The molecule has 0 aromatic heterocycles. The minimum atomic E-state index is -0.168. The third kappa shape index (κ3) is 3.80. The Bertz CT molecular complexity index is 462. The molecule has 1 heterocycles. The molecule has 1 aromatic rings. The van der Waals surface area contributed by atoms with Crippen molar-refractivity contribution in [3.63, 3.8) is 0 Å². The Hall–Kier alpha value is -0.450. The first kappa shape index (κ1) is 15.9. The van der Waals surface area contributed by atoms with Gasteiger partial charge in [-0.1, -0.05) is 35.8 Å². The van der Waals surface area contributed by atoms with E-state index in [0.29, 0.717) is 12.0 Å². The molecule has 112 valence electrons. The van der Waals surface area contributed by atoms with Gasteiger partial charge in [-0.2, -0.15) is 0 Å². The molecule has 1 aliphatic rings. The molecule has 1 aliphatic heterocycles. The van der Waals surface area contributed by atoms with E-state index >= 15 is 0 Å². The highest BCUT2D eigenvalue weighted by Gasteiger charge is 2.28. The fourth-order valence-corrected chi connectivity index (χ4v) is 3.33. The van der Waals surface area contributed by atoms with Crippen molar-refractivity contribution < 1.29 is 4.39 Å². The average Bonchev–Trinajstić information content (AvgIpc) is 2.54. The fourth-order valence-electron chi connectivity index (χ4n) is 3.00. The first-order valence-corrected chi connectivity index (χ1v) is 8.11. The van der Waals surface area contributed by atoms with Crippen LogP contribution in [-0.2, 0) is 0 Å². The lowest BCUT2D eigenvalue weighted by molar-refractivity contribution is 0.196. The van der Waals surface area contributed by atoms with E-state index in [1.165, 1.54) is 12.5 Å². The summed E-state index contributed by atoms with van der Waals surface area (Å²) in [5.74, 6) is -0.168. The predicted molar refractivity (Wildman–Crippen MR) is 85.1 cm³/mol. The quantitative estimate of drug-likeness (QED) is 0.895. The molecule has 1 unspecified atom stereocenters. The summed E-state index contributed by atoms with van der Waals surface area (Å²) in [6.07, 6.45) is 3.52. The van der Waals surface area contributed by atoms with Crippen LogP contribution in [0.25, 0.3) is 0 Å². The first-order valence-electron chi connectivity index (χ1n) is 7.32. The first-order chi connectivity index (χ1) is 9.43. The van der Waals surface area contributed by atoms with Crippen LogP contribution in [-0.4, -0.2) is 24.5 Å². The summed E-state index contributed by atoms with van der Waals surface area (Å²) in [5, 5.41) is 0. The molecule has 1 aromatic carbocycles. The molecular formula is C16H24BrFN2. The molecule has 1 fully saturated rings. The lowest BCUT2D eigenvalue weighted by Gasteiger charge is -2.31. The van der Waals surface area contributed by atoms with E-state index in [-0.39, 0.29) is 11.9 Å². The number of hydrogen-bond acceptors (Lipinski definition) is 2. The fraction of sp³-hybridized carbons (Fsp3) is 0.625. The van der Waals surface area contributed by atoms with Crippen LogP contribution >= 0.6 is 15.9 Å². The van der Waals surface area contributed by atoms with Gasteiger partial charge in [0.1, 0.15) is 5.82 Å². The van der Waals surface area contributed by atoms with Gasteiger partial charge in [0, 0.05) is 22.6 Å². The second-order valence-corrected chi connectivity index (χ2v) is 7.39. The van der Waals surface area contributed by atoms with E-state index in [0.717, 1.165) is 36.0 Å². The van der Waals surface area contributed by atoms with Crippen LogP contribution in [0, 0.1) is 11.2 Å². The highest BCUT2D eigenvalue weighted by atomic mass is 79.9. The summed E-state index contributed by atoms with van der Waals surface area (Å²) in [7, 11) is 0. The molecule has 4 heteroatoms. The van der Waals surface area contributed by atoms with E-state index in [9.17, 15) is 4.39 Å². The molecule has 1 atom stereocenters. The summed E-state index contributed by atoms with van der Waals surface area (Å²) in [5.41, 5.74) is 7.04. The zero-order valence-corrected chi connectivity index (χ0v) is 13.9. The van der Waals surface area contributed by atoms with Crippen molar-refractivity contribution in [2.45, 2.75) is 39.2 Å². The third-order valence-corrected chi connectivity index (χ3v) is 4.85. The number of benzene rings is 1. The molecule has 0 spiro atoms. The molecule has 0 bridgehead atoms. The van der Waals surface area contributed by atoms with Crippen molar-refractivity contribution in [1.29, 1.82) is 0 Å². The van der Waals surface area contributed by atoms with Gasteiger partial charge in [-0.15, -0.1) is 0 Å². The normalized spacial score (nSPS) is 21.4. The van der Waals surface area contributed by atoms with Crippen LogP contribution in [0.4, 0.5) is 4.39 Å². The number of rotatable bonds is 3. The van der Waals surface area contributed by atoms with Crippen molar-refractivity contribution in [2.75, 3.05) is 19.6 Å². The number of halogens is 2. The van der Waals surface area contributed by atoms with Crippen molar-refractivity contribution in [3.8, 4) is 0 Å². The van der Waals surface area contributed by atoms with Crippen molar-refractivity contribution in [2.24, 2.45) is 11.1 Å². The Balaban J connectivity index is 2.19. The SMILES string of the molecule is CC1(C)CCCN(C(CN)c2ccc(Br)cc2F)CC1. The van der Waals surface area contributed by atoms with Gasteiger partial charge in [-0.25, -0.2) is 4.39 Å². The minimum absolute atomic E-state index is 0.0167. The zero-order valence-electron chi connectivity index (χ0n) is 12.3. The Morgan fingerprint density at radius 1 is 1.35 bits per heavy atom. The lowest BCUT2D eigenvalue weighted by atomic mass is 9.85. The molecule has 2 N–H and O–H groups in total. The molecule has 20 heavy (non-hydrogen) atoms. The molecule has 0 amide bonds. The van der Waals surface area contributed by atoms with Gasteiger partial charge in [-0.05, 0) is 49.9 Å². The van der Waals surface area contributed by atoms with Crippen LogP contribution in [0.3, 0.4) is 0 Å². The van der Waals surface area contributed by atoms with Gasteiger partial charge in [0.15, 0.2) is 0 Å². The van der Waals surface area contributed by atoms with E-state index in [4.69, 9.17) is 5.73 Å². The van der Waals surface area contributed by atoms with Gasteiger partial charge in [0.25, 0.3) is 0 Å². The van der Waals surface area contributed by atoms with E-state index < -0.39 is 0 Å². The summed E-state index contributed by atoms with van der Waals surface area (Å²) in [6, 6.07) is 5.26. The van der Waals surface area contributed by atoms with Crippen molar-refractivity contribution in [3.05, 3.63) is 34.1 Å². The van der Waals surface area contributed by atoms with Gasteiger partial charge >= 0.3 is 0 Å². The second-order valence-electron chi connectivity index (χ2n) is 6.47. The Kier molecular flexibility index (Phi) is 5.21. The maximum atomic E-state index is 14.2. The second kappa shape index (κ2) is 6.54. The monoisotopic (exact) mass is 342 g/mol. The lowest BCUT2D eigenvalue weighted by Crippen LogP contribution is -2.35. The van der Waals surface area contributed by atoms with Crippen LogP contribution in [0.1, 0.15) is 44.7 Å². The molecule has 2 nitrogen and oxygen atoms in total. The van der Waals surface area contributed by atoms with Gasteiger partial charge < -0.3 is 5.73 Å². The Labute approximate surface area is 129 Å². The van der Waals surface area contributed by atoms with Crippen LogP contribution in [0.15, 0.2) is 22.7 Å². The standard InChI is InChI=1S/C16H24BrFN2/c1-16(2)6-3-8-20(9-7-16)15(11-19)13-5-4-12(17)10-14(13)18/h4-5,10,15H,3,6-9,11,19H2,1-2H3. The number of nitrogens with two attached hydrogens (primary N) is 1. The Morgan fingerprint density at radius 3 is 2.75 bits per heavy atom. The number of nitrogens with zero attached hydrogens (tertiary/aromatic N) is 1. The summed E-state index contributed by atoms with van der Waals surface area (Å²) in [6.45, 7) is 7.08. The van der Waals surface area contributed by atoms with Crippen LogP contribution in [0.2, 0.25) is 0 Å². The van der Waals surface area contributed by atoms with E-state index in [1.54, 1.807) is 0 Å². The summed E-state index contributed by atoms with van der Waals surface area (Å²) >= 11 is 3.31. The molecule has 0 radical (unpaired) electrons. The molecular weight excluding hydrogens is 319 g/mol. The highest BCUT2D eigenvalue weighted by molar-refractivity contribution is 9.10. The summed E-state index contributed by atoms with van der Waals surface area (Å²) < 4.78 is 15.0. The molecule has 1 saturated heterocycles. The topological polar surface area (TPSA) is 29.3 Å². The predicted octanol–water partition coefficient (Wildman–Crippen LogP) is 4.10. The molecule has 2 rings (SSSR count). The highest BCUT2D eigenvalue weighted by Crippen LogP contribution is 2.33. The zero-order chi connectivity index (χ0) is 14.8. The minimum Gasteiger partial charge on any atom is -0.329 e. The van der Waals surface area contributed by atoms with Crippen LogP contribution in [0.5, 0.6) is 0 Å². The van der Waals surface area contributed by atoms with E-state index in [2.05, 4.69) is 34.7 Å². The maximum Gasteiger partial charge on any atom is 0.129 e. The Morgan fingerprint density at radius 2 is 2.10 bits per heavy atom. The van der Waals surface area contributed by atoms with Gasteiger partial charge in [0.05, 0.1) is 0 Å². The van der Waals surface area contributed by atoms with Gasteiger partial charge in [0.2, 0.25) is 0 Å².